The smallest absolute Gasteiger partial charge is 0.337 e. The van der Waals surface area contributed by atoms with Crippen molar-refractivity contribution in [1.29, 1.82) is 0 Å². The van der Waals surface area contributed by atoms with E-state index in [-0.39, 0.29) is 4.90 Å². The Hall–Kier alpha value is -1.26. The minimum absolute atomic E-state index is 0.195. The SMILES string of the molecule is COC(=O)c1ccc(S(=O)(=O)N2CCN(Cc3ccc(Br)s3)CC2)cc1. The van der Waals surface area contributed by atoms with Crippen LogP contribution in [0.25, 0.3) is 0 Å². The predicted octanol–water partition coefficient (Wildman–Crippen LogP) is 2.80. The van der Waals surface area contributed by atoms with E-state index in [1.54, 1.807) is 11.3 Å². The Bertz CT molecular complexity index is 872. The van der Waals surface area contributed by atoms with Crippen LogP contribution in [-0.2, 0) is 21.3 Å². The Kier molecular flexibility index (Phi) is 6.13. The molecule has 3 rings (SSSR count). The second-order valence-electron chi connectivity index (χ2n) is 5.90. The molecule has 0 radical (unpaired) electrons. The number of halogens is 1. The molecule has 9 heteroatoms. The van der Waals surface area contributed by atoms with Gasteiger partial charge in [0.05, 0.1) is 21.4 Å². The summed E-state index contributed by atoms with van der Waals surface area (Å²) >= 11 is 5.16. The van der Waals surface area contributed by atoms with Crippen molar-refractivity contribution in [2.24, 2.45) is 0 Å². The molecule has 1 fully saturated rings. The first-order valence-corrected chi connectivity index (χ1v) is 11.1. The molecule has 140 valence electrons. The van der Waals surface area contributed by atoms with E-state index in [1.165, 1.54) is 40.6 Å². The summed E-state index contributed by atoms with van der Waals surface area (Å²) in [6, 6.07) is 9.97. The molecule has 1 saturated heterocycles. The molecule has 0 unspecified atom stereocenters. The number of hydrogen-bond donors (Lipinski definition) is 0. The molecule has 1 aliphatic heterocycles. The monoisotopic (exact) mass is 458 g/mol. The summed E-state index contributed by atoms with van der Waals surface area (Å²) in [4.78, 5) is 15.2. The van der Waals surface area contributed by atoms with Gasteiger partial charge in [-0.15, -0.1) is 11.3 Å². The maximum absolute atomic E-state index is 12.8. The Morgan fingerprint density at radius 1 is 1.12 bits per heavy atom. The highest BCUT2D eigenvalue weighted by atomic mass is 79.9. The van der Waals surface area contributed by atoms with Gasteiger partial charge in [-0.1, -0.05) is 0 Å². The van der Waals surface area contributed by atoms with Crippen molar-refractivity contribution in [3.8, 4) is 0 Å². The number of sulfonamides is 1. The van der Waals surface area contributed by atoms with Crippen LogP contribution >= 0.6 is 27.3 Å². The number of benzene rings is 1. The van der Waals surface area contributed by atoms with Gasteiger partial charge in [-0.05, 0) is 52.3 Å². The van der Waals surface area contributed by atoms with Crippen molar-refractivity contribution in [3.63, 3.8) is 0 Å². The maximum Gasteiger partial charge on any atom is 0.337 e. The second-order valence-corrected chi connectivity index (χ2v) is 10.4. The summed E-state index contributed by atoms with van der Waals surface area (Å²) in [6.45, 7) is 3.11. The molecule has 26 heavy (non-hydrogen) atoms. The van der Waals surface area contributed by atoms with Crippen molar-refractivity contribution in [1.82, 2.24) is 9.21 Å². The number of rotatable bonds is 5. The molecule has 0 N–H and O–H groups in total. The van der Waals surface area contributed by atoms with Gasteiger partial charge in [-0.3, -0.25) is 4.90 Å². The number of esters is 1. The Labute approximate surface area is 165 Å². The minimum atomic E-state index is -3.55. The highest BCUT2D eigenvalue weighted by molar-refractivity contribution is 9.11. The van der Waals surface area contributed by atoms with E-state index in [0.717, 1.165) is 10.3 Å². The van der Waals surface area contributed by atoms with Crippen LogP contribution in [-0.4, -0.2) is 56.9 Å². The molecule has 0 amide bonds. The van der Waals surface area contributed by atoms with Crippen molar-refractivity contribution < 1.29 is 17.9 Å². The predicted molar refractivity (Wildman–Crippen MR) is 104 cm³/mol. The van der Waals surface area contributed by atoms with Gasteiger partial charge in [0.25, 0.3) is 0 Å². The number of carbonyl (C=O) groups is 1. The average molecular weight is 459 g/mol. The van der Waals surface area contributed by atoms with Crippen molar-refractivity contribution in [2.75, 3.05) is 33.3 Å². The van der Waals surface area contributed by atoms with Crippen LogP contribution in [0, 0.1) is 0 Å². The molecule has 0 bridgehead atoms. The first-order chi connectivity index (χ1) is 12.4. The minimum Gasteiger partial charge on any atom is -0.465 e. The average Bonchev–Trinajstić information content (AvgIpc) is 3.06. The number of piperazine rings is 1. The van der Waals surface area contributed by atoms with Gasteiger partial charge < -0.3 is 4.74 Å². The number of thiophene rings is 1. The van der Waals surface area contributed by atoms with E-state index >= 15 is 0 Å². The van der Waals surface area contributed by atoms with Crippen LogP contribution in [0.1, 0.15) is 15.2 Å². The lowest BCUT2D eigenvalue weighted by molar-refractivity contribution is 0.0600. The van der Waals surface area contributed by atoms with Gasteiger partial charge in [0.1, 0.15) is 0 Å². The van der Waals surface area contributed by atoms with Crippen molar-refractivity contribution in [3.05, 3.63) is 50.6 Å². The number of carbonyl (C=O) groups excluding carboxylic acids is 1. The first-order valence-electron chi connectivity index (χ1n) is 8.05. The maximum atomic E-state index is 12.8. The highest BCUT2D eigenvalue weighted by Gasteiger charge is 2.28. The fourth-order valence-corrected chi connectivity index (χ4v) is 5.76. The quantitative estimate of drug-likeness (QED) is 0.644. The molecule has 0 spiro atoms. The zero-order valence-corrected chi connectivity index (χ0v) is 17.4. The fourth-order valence-electron chi connectivity index (χ4n) is 2.82. The van der Waals surface area contributed by atoms with E-state index in [9.17, 15) is 13.2 Å². The van der Waals surface area contributed by atoms with E-state index in [2.05, 4.69) is 31.6 Å². The lowest BCUT2D eigenvalue weighted by atomic mass is 10.2. The van der Waals surface area contributed by atoms with Crippen LogP contribution in [0.15, 0.2) is 45.1 Å². The third kappa shape index (κ3) is 4.34. The van der Waals surface area contributed by atoms with Crippen LogP contribution in [0.4, 0.5) is 0 Å². The molecule has 6 nitrogen and oxygen atoms in total. The molecule has 0 aliphatic carbocycles. The zero-order valence-electron chi connectivity index (χ0n) is 14.2. The van der Waals surface area contributed by atoms with Gasteiger partial charge in [-0.25, -0.2) is 13.2 Å². The topological polar surface area (TPSA) is 66.9 Å². The third-order valence-electron chi connectivity index (χ3n) is 4.25. The van der Waals surface area contributed by atoms with Crippen LogP contribution in [0.3, 0.4) is 0 Å². The standard InChI is InChI=1S/C17H19BrN2O4S2/c1-24-17(21)13-2-5-15(6-3-13)26(22,23)20-10-8-19(9-11-20)12-14-4-7-16(18)25-14/h2-7H,8-12H2,1H3. The third-order valence-corrected chi connectivity index (χ3v) is 7.77. The normalized spacial score (nSPS) is 16.5. The molecule has 1 aliphatic rings. The van der Waals surface area contributed by atoms with Gasteiger partial charge in [0, 0.05) is 37.6 Å². The van der Waals surface area contributed by atoms with Crippen molar-refractivity contribution >= 4 is 43.3 Å². The number of ether oxygens (including phenoxy) is 1. The number of nitrogens with zero attached hydrogens (tertiary/aromatic N) is 2. The highest BCUT2D eigenvalue weighted by Crippen LogP contribution is 2.24. The fraction of sp³-hybridized carbons (Fsp3) is 0.353. The molecule has 1 aromatic carbocycles. The molecule has 1 aromatic heterocycles. The second kappa shape index (κ2) is 8.18. The molecule has 0 atom stereocenters. The summed E-state index contributed by atoms with van der Waals surface area (Å²) in [5.41, 5.74) is 0.332. The number of methoxy groups -OCH3 is 1. The van der Waals surface area contributed by atoms with Crippen molar-refractivity contribution in [2.45, 2.75) is 11.4 Å². The molecule has 2 aromatic rings. The van der Waals surface area contributed by atoms with Gasteiger partial charge in [0.15, 0.2) is 0 Å². The molecule has 2 heterocycles. The van der Waals surface area contributed by atoms with Crippen LogP contribution < -0.4 is 0 Å². The lowest BCUT2D eigenvalue weighted by Gasteiger charge is -2.33. The molecule has 0 saturated carbocycles. The summed E-state index contributed by atoms with van der Waals surface area (Å²) in [6.07, 6.45) is 0. The largest absolute Gasteiger partial charge is 0.465 e. The van der Waals surface area contributed by atoms with E-state index in [4.69, 9.17) is 0 Å². The van der Waals surface area contributed by atoms with E-state index in [0.29, 0.717) is 31.7 Å². The number of hydrogen-bond acceptors (Lipinski definition) is 6. The Morgan fingerprint density at radius 3 is 2.31 bits per heavy atom. The molecular formula is C17H19BrN2O4S2. The van der Waals surface area contributed by atoms with Crippen LogP contribution in [0.5, 0.6) is 0 Å². The molecular weight excluding hydrogens is 440 g/mol. The summed E-state index contributed by atoms with van der Waals surface area (Å²) < 4.78 is 32.8. The van der Waals surface area contributed by atoms with E-state index < -0.39 is 16.0 Å². The zero-order chi connectivity index (χ0) is 18.7. The van der Waals surface area contributed by atoms with Gasteiger partial charge in [-0.2, -0.15) is 4.31 Å². The van der Waals surface area contributed by atoms with Gasteiger partial charge >= 0.3 is 5.97 Å². The summed E-state index contributed by atoms with van der Waals surface area (Å²) in [5, 5.41) is 0. The van der Waals surface area contributed by atoms with E-state index in [1.807, 2.05) is 6.07 Å². The summed E-state index contributed by atoms with van der Waals surface area (Å²) in [5.74, 6) is -0.484. The lowest BCUT2D eigenvalue weighted by Crippen LogP contribution is -2.48. The Balaban J connectivity index is 1.63. The summed E-state index contributed by atoms with van der Waals surface area (Å²) in [7, 11) is -2.26. The first kappa shape index (κ1) is 19.5. The van der Waals surface area contributed by atoms with Crippen LogP contribution in [0.2, 0.25) is 0 Å². The van der Waals surface area contributed by atoms with Gasteiger partial charge in [0.2, 0.25) is 10.0 Å². The Morgan fingerprint density at radius 2 is 1.77 bits per heavy atom.